The molecule has 0 radical (unpaired) electrons. The van der Waals surface area contributed by atoms with Gasteiger partial charge in [0.25, 0.3) is 0 Å². The predicted molar refractivity (Wildman–Crippen MR) is 70.6 cm³/mol. The number of ether oxygens (including phenoxy) is 3. The molecule has 1 aromatic carbocycles. The van der Waals surface area contributed by atoms with Crippen molar-refractivity contribution in [1.82, 2.24) is 0 Å². The molecule has 5 heteroatoms. The lowest BCUT2D eigenvalue weighted by Crippen LogP contribution is -2.00. The van der Waals surface area contributed by atoms with Crippen molar-refractivity contribution in [2.75, 3.05) is 25.7 Å². The fourth-order valence-corrected chi connectivity index (χ4v) is 1.88. The molecule has 0 fully saturated rings. The lowest BCUT2D eigenvalue weighted by Gasteiger charge is -2.07. The van der Waals surface area contributed by atoms with Gasteiger partial charge in [0.15, 0.2) is 0 Å². The van der Waals surface area contributed by atoms with Crippen LogP contribution in [0.3, 0.4) is 0 Å². The van der Waals surface area contributed by atoms with Gasteiger partial charge in [0.05, 0.1) is 13.7 Å². The Morgan fingerprint density at radius 3 is 3.00 bits per heavy atom. The first-order chi connectivity index (χ1) is 8.76. The van der Waals surface area contributed by atoms with E-state index in [-0.39, 0.29) is 12.6 Å². The number of esters is 1. The summed E-state index contributed by atoms with van der Waals surface area (Å²) in [5.41, 5.74) is 1.23. The number of carbonyl (C=O) groups excluding carboxylic acids is 1. The second kappa shape index (κ2) is 5.91. The largest absolute Gasteiger partial charge is 0.497 e. The topological polar surface area (TPSA) is 44.8 Å². The Morgan fingerprint density at radius 2 is 2.28 bits per heavy atom. The second-order valence-corrected chi connectivity index (χ2v) is 4.44. The summed E-state index contributed by atoms with van der Waals surface area (Å²) < 4.78 is 15.7. The second-order valence-electron chi connectivity index (χ2n) is 3.64. The quantitative estimate of drug-likeness (QED) is 0.618. The van der Waals surface area contributed by atoms with E-state index in [4.69, 9.17) is 14.2 Å². The minimum atomic E-state index is -0.354. The van der Waals surface area contributed by atoms with Crippen LogP contribution < -0.4 is 4.74 Å². The van der Waals surface area contributed by atoms with Crippen molar-refractivity contribution in [2.45, 2.75) is 0 Å². The Balaban J connectivity index is 2.34. The third-order valence-electron chi connectivity index (χ3n) is 2.53. The van der Waals surface area contributed by atoms with Gasteiger partial charge in [-0.1, -0.05) is 28.1 Å². The van der Waals surface area contributed by atoms with E-state index in [2.05, 4.69) is 15.9 Å². The molecular weight excluding hydrogens is 300 g/mol. The normalized spacial score (nSPS) is 14.7. The van der Waals surface area contributed by atoms with Crippen LogP contribution in [0.25, 0.3) is 5.57 Å². The van der Waals surface area contributed by atoms with E-state index in [1.165, 1.54) is 0 Å². The van der Waals surface area contributed by atoms with Crippen molar-refractivity contribution in [3.8, 4) is 5.75 Å². The zero-order valence-electron chi connectivity index (χ0n) is 9.94. The number of benzene rings is 1. The monoisotopic (exact) mass is 312 g/mol. The molecule has 0 amide bonds. The number of alkyl halides is 1. The van der Waals surface area contributed by atoms with Crippen LogP contribution in [-0.4, -0.2) is 31.6 Å². The third-order valence-corrected chi connectivity index (χ3v) is 2.85. The molecule has 96 valence electrons. The average molecular weight is 313 g/mol. The van der Waals surface area contributed by atoms with Crippen molar-refractivity contribution in [2.24, 2.45) is 0 Å². The van der Waals surface area contributed by atoms with Gasteiger partial charge in [0.1, 0.15) is 23.7 Å². The average Bonchev–Trinajstić information content (AvgIpc) is 2.77. The highest BCUT2D eigenvalue weighted by Crippen LogP contribution is 2.29. The van der Waals surface area contributed by atoms with E-state index in [1.807, 2.05) is 18.2 Å². The number of methoxy groups -OCH3 is 1. The van der Waals surface area contributed by atoms with Crippen molar-refractivity contribution in [1.29, 1.82) is 0 Å². The fraction of sp³-hybridized carbons (Fsp3) is 0.308. The molecule has 18 heavy (non-hydrogen) atoms. The molecule has 0 unspecified atom stereocenters. The number of halogens is 1. The maximum absolute atomic E-state index is 11.7. The fourth-order valence-electron chi connectivity index (χ4n) is 1.72. The van der Waals surface area contributed by atoms with E-state index in [9.17, 15) is 4.79 Å². The molecule has 2 rings (SSSR count). The summed E-state index contributed by atoms with van der Waals surface area (Å²) in [7, 11) is 1.59. The molecule has 0 aromatic heterocycles. The molecule has 0 bridgehead atoms. The molecule has 1 aliphatic heterocycles. The summed E-state index contributed by atoms with van der Waals surface area (Å²) in [6.45, 7) is 0.692. The van der Waals surface area contributed by atoms with Gasteiger partial charge in [-0.15, -0.1) is 0 Å². The summed E-state index contributed by atoms with van der Waals surface area (Å²) in [5.74, 6) is 0.917. The highest BCUT2D eigenvalue weighted by atomic mass is 79.9. The smallest absolute Gasteiger partial charge is 0.342 e. The molecule has 1 heterocycles. The minimum Gasteiger partial charge on any atom is -0.497 e. The summed E-state index contributed by atoms with van der Waals surface area (Å²) in [6.07, 6.45) is 0. The zero-order chi connectivity index (χ0) is 13.0. The third kappa shape index (κ3) is 2.67. The Labute approximate surface area is 114 Å². The van der Waals surface area contributed by atoms with Gasteiger partial charge < -0.3 is 14.2 Å². The van der Waals surface area contributed by atoms with Crippen LogP contribution in [0.1, 0.15) is 5.56 Å². The highest BCUT2D eigenvalue weighted by molar-refractivity contribution is 9.09. The first-order valence-corrected chi connectivity index (χ1v) is 6.62. The molecule has 1 aliphatic rings. The number of rotatable bonds is 5. The van der Waals surface area contributed by atoms with Crippen molar-refractivity contribution < 1.29 is 19.0 Å². The molecule has 0 saturated carbocycles. The Morgan fingerprint density at radius 1 is 1.44 bits per heavy atom. The van der Waals surface area contributed by atoms with E-state index < -0.39 is 0 Å². The van der Waals surface area contributed by atoms with Crippen LogP contribution in [0.4, 0.5) is 0 Å². The van der Waals surface area contributed by atoms with E-state index in [1.54, 1.807) is 13.2 Å². The maximum atomic E-state index is 11.7. The van der Waals surface area contributed by atoms with Gasteiger partial charge in [-0.25, -0.2) is 4.79 Å². The first kappa shape index (κ1) is 13.0. The van der Waals surface area contributed by atoms with Gasteiger partial charge in [0.2, 0.25) is 0 Å². The summed E-state index contributed by atoms with van der Waals surface area (Å²) in [5, 5.41) is 0.704. The summed E-state index contributed by atoms with van der Waals surface area (Å²) in [4.78, 5) is 11.7. The number of hydrogen-bond donors (Lipinski definition) is 0. The first-order valence-electron chi connectivity index (χ1n) is 5.49. The van der Waals surface area contributed by atoms with E-state index >= 15 is 0 Å². The Kier molecular flexibility index (Phi) is 4.25. The lowest BCUT2D eigenvalue weighted by molar-refractivity contribution is -0.134. The number of hydrogen-bond acceptors (Lipinski definition) is 4. The van der Waals surface area contributed by atoms with Gasteiger partial charge in [0, 0.05) is 5.33 Å². The van der Waals surface area contributed by atoms with Gasteiger partial charge in [-0.2, -0.15) is 0 Å². The standard InChI is InChI=1S/C13H13BrO4/c1-16-10-4-2-3-9(7-10)12-11(17-6-5-14)8-18-13(12)15/h2-4,7H,5-6,8H2,1H3. The van der Waals surface area contributed by atoms with Crippen molar-refractivity contribution >= 4 is 27.5 Å². The molecule has 0 saturated heterocycles. The number of carbonyl (C=O) groups is 1. The summed E-state index contributed by atoms with van der Waals surface area (Å²) in [6, 6.07) is 7.28. The lowest BCUT2D eigenvalue weighted by atomic mass is 10.1. The van der Waals surface area contributed by atoms with Crippen LogP contribution in [0.15, 0.2) is 30.0 Å². The molecule has 1 aromatic rings. The molecule has 0 atom stereocenters. The van der Waals surface area contributed by atoms with Crippen LogP contribution in [0, 0.1) is 0 Å². The van der Waals surface area contributed by atoms with Crippen molar-refractivity contribution in [3.05, 3.63) is 35.6 Å². The predicted octanol–water partition coefficient (Wildman–Crippen LogP) is 2.37. The van der Waals surface area contributed by atoms with Crippen LogP contribution in [-0.2, 0) is 14.3 Å². The van der Waals surface area contributed by atoms with Gasteiger partial charge in [-0.3, -0.25) is 0 Å². The highest BCUT2D eigenvalue weighted by Gasteiger charge is 2.27. The summed E-state index contributed by atoms with van der Waals surface area (Å²) >= 11 is 3.28. The SMILES string of the molecule is COc1cccc(C2=C(OCCBr)COC2=O)c1. The van der Waals surface area contributed by atoms with Crippen molar-refractivity contribution in [3.63, 3.8) is 0 Å². The van der Waals surface area contributed by atoms with Gasteiger partial charge in [-0.05, 0) is 17.7 Å². The van der Waals surface area contributed by atoms with E-state index in [0.717, 1.165) is 5.56 Å². The number of cyclic esters (lactones) is 1. The zero-order valence-corrected chi connectivity index (χ0v) is 11.5. The molecule has 4 nitrogen and oxygen atoms in total. The Hall–Kier alpha value is -1.49. The van der Waals surface area contributed by atoms with E-state index in [0.29, 0.717) is 29.0 Å². The maximum Gasteiger partial charge on any atom is 0.342 e. The van der Waals surface area contributed by atoms with Crippen LogP contribution in [0.5, 0.6) is 5.75 Å². The molecule has 0 N–H and O–H groups in total. The van der Waals surface area contributed by atoms with Gasteiger partial charge >= 0.3 is 5.97 Å². The van der Waals surface area contributed by atoms with Crippen LogP contribution >= 0.6 is 15.9 Å². The molecular formula is C13H13BrO4. The Bertz CT molecular complexity index is 482. The molecule has 0 spiro atoms. The minimum absolute atomic E-state index is 0.193. The van der Waals surface area contributed by atoms with Crippen LogP contribution in [0.2, 0.25) is 0 Å². The molecule has 0 aliphatic carbocycles.